The van der Waals surface area contributed by atoms with Crippen molar-refractivity contribution in [2.75, 3.05) is 13.1 Å². The Balaban J connectivity index is -0.000000174. The number of carboxylic acids is 3. The van der Waals surface area contributed by atoms with Crippen LogP contribution in [0, 0.1) is 0 Å². The molecule has 0 saturated carbocycles. The van der Waals surface area contributed by atoms with E-state index in [0.29, 0.717) is 0 Å². The number of carboxylic acid groups (broad SMARTS) is 3. The molecule has 0 atom stereocenters. The van der Waals surface area contributed by atoms with Crippen LogP contribution in [0.15, 0.2) is 12.7 Å². The lowest BCUT2D eigenvalue weighted by Gasteiger charge is -1.80. The Hall–Kier alpha value is -1.93. The number of aliphatic carboxylic acids is 3. The predicted molar refractivity (Wildman–Crippen MR) is 60.4 cm³/mol. The molecule has 0 saturated heterocycles. The minimum atomic E-state index is -0.981. The van der Waals surface area contributed by atoms with Gasteiger partial charge in [-0.3, -0.25) is 9.59 Å². The van der Waals surface area contributed by atoms with Gasteiger partial charge in [0.1, 0.15) is 0 Å². The third-order valence-electron chi connectivity index (χ3n) is 0.891. The Labute approximate surface area is 98.5 Å². The highest BCUT2D eigenvalue weighted by molar-refractivity contribution is 5.78. The molecule has 7 N–H and O–H groups in total. The normalized spacial score (nSPS) is 7.65. The van der Waals surface area contributed by atoms with E-state index in [1.54, 1.807) is 0 Å². The van der Waals surface area contributed by atoms with Gasteiger partial charge in [-0.2, -0.15) is 0 Å². The molecule has 0 heterocycles. The second-order valence-corrected chi connectivity index (χ2v) is 2.41. The van der Waals surface area contributed by atoms with Crippen molar-refractivity contribution < 1.29 is 29.7 Å². The molecule has 17 heavy (non-hydrogen) atoms. The van der Waals surface area contributed by atoms with Gasteiger partial charge in [-0.15, -0.1) is 0 Å². The van der Waals surface area contributed by atoms with Crippen LogP contribution in [0.1, 0.15) is 12.8 Å². The number of hydrogen-bond donors (Lipinski definition) is 5. The first kappa shape index (κ1) is 20.5. The first-order valence-electron chi connectivity index (χ1n) is 4.50. The zero-order chi connectivity index (χ0) is 14.3. The Kier molecular flexibility index (Phi) is 19.9. The molecule has 0 radical (unpaired) electrons. The van der Waals surface area contributed by atoms with Crippen LogP contribution in [0.2, 0.25) is 0 Å². The predicted octanol–water partition coefficient (Wildman–Crippen LogP) is -0.903. The molecular weight excluding hydrogens is 232 g/mol. The van der Waals surface area contributed by atoms with Crippen LogP contribution < -0.4 is 11.5 Å². The van der Waals surface area contributed by atoms with E-state index in [1.807, 2.05) is 0 Å². The fraction of sp³-hybridized carbons (Fsp3) is 0.444. The lowest BCUT2D eigenvalue weighted by molar-refractivity contribution is -0.137. The molecule has 0 aliphatic heterocycles. The highest BCUT2D eigenvalue weighted by Crippen LogP contribution is 1.68. The highest BCUT2D eigenvalue weighted by Gasteiger charge is 1.88. The quantitative estimate of drug-likeness (QED) is 0.391. The minimum Gasteiger partial charge on any atom is -0.481 e. The van der Waals surface area contributed by atoms with E-state index in [2.05, 4.69) is 6.58 Å². The van der Waals surface area contributed by atoms with E-state index in [4.69, 9.17) is 26.8 Å². The molecule has 0 aromatic carbocycles. The summed E-state index contributed by atoms with van der Waals surface area (Å²) in [5.74, 6) is -2.65. The first-order valence-corrected chi connectivity index (χ1v) is 4.50. The lowest BCUT2D eigenvalue weighted by atomic mass is 10.5. The van der Waals surface area contributed by atoms with E-state index < -0.39 is 17.9 Å². The molecule has 0 aliphatic carbocycles. The number of carbonyl (C=O) groups is 3. The van der Waals surface area contributed by atoms with Gasteiger partial charge in [0.25, 0.3) is 0 Å². The molecule has 0 aliphatic rings. The molecule has 0 bridgehead atoms. The Morgan fingerprint density at radius 2 is 1.18 bits per heavy atom. The Morgan fingerprint density at radius 3 is 1.18 bits per heavy atom. The van der Waals surface area contributed by atoms with E-state index in [0.717, 1.165) is 6.08 Å². The highest BCUT2D eigenvalue weighted by atomic mass is 16.4. The molecule has 0 rings (SSSR count). The molecule has 0 fully saturated rings. The topological polar surface area (TPSA) is 164 Å². The maximum absolute atomic E-state index is 9.52. The van der Waals surface area contributed by atoms with Crippen LogP contribution in [-0.4, -0.2) is 46.3 Å². The summed E-state index contributed by atoms with van der Waals surface area (Å²) in [5, 5.41) is 23.3. The summed E-state index contributed by atoms with van der Waals surface area (Å²) in [6, 6.07) is 0. The van der Waals surface area contributed by atoms with Crippen LogP contribution >= 0.6 is 0 Å². The van der Waals surface area contributed by atoms with Crippen molar-refractivity contribution in [1.82, 2.24) is 0 Å². The summed E-state index contributed by atoms with van der Waals surface area (Å²) in [6.07, 6.45) is 0.972. The van der Waals surface area contributed by atoms with Crippen molar-refractivity contribution in [3.63, 3.8) is 0 Å². The first-order chi connectivity index (χ1) is 7.81. The summed E-state index contributed by atoms with van der Waals surface area (Å²) in [7, 11) is 0. The van der Waals surface area contributed by atoms with Gasteiger partial charge in [-0.05, 0) is 0 Å². The zero-order valence-electron chi connectivity index (χ0n) is 9.33. The average molecular weight is 250 g/mol. The Bertz CT molecular complexity index is 226. The molecule has 0 amide bonds. The largest absolute Gasteiger partial charge is 0.481 e. The zero-order valence-corrected chi connectivity index (χ0v) is 9.33. The standard InChI is InChI=1S/2C3H7NO2.C3H4O2/c2*4-2-1-3(5)6;1-2-3(4)5/h2*1-2,4H2,(H,5,6);2H,1H2,(H,4,5). The van der Waals surface area contributed by atoms with Gasteiger partial charge in [0.05, 0.1) is 12.8 Å². The van der Waals surface area contributed by atoms with E-state index in [1.165, 1.54) is 0 Å². The van der Waals surface area contributed by atoms with Crippen LogP contribution in [0.3, 0.4) is 0 Å². The number of nitrogens with two attached hydrogens (primary N) is 2. The van der Waals surface area contributed by atoms with Crippen LogP contribution in [-0.2, 0) is 14.4 Å². The minimum absolute atomic E-state index is 0.0694. The van der Waals surface area contributed by atoms with Crippen molar-refractivity contribution in [2.24, 2.45) is 11.5 Å². The maximum atomic E-state index is 9.52. The summed E-state index contributed by atoms with van der Waals surface area (Å²) in [4.78, 5) is 28.3. The fourth-order valence-corrected chi connectivity index (χ4v) is 0.247. The van der Waals surface area contributed by atoms with Crippen molar-refractivity contribution in [3.8, 4) is 0 Å². The third-order valence-corrected chi connectivity index (χ3v) is 0.891. The lowest BCUT2D eigenvalue weighted by Crippen LogP contribution is -2.05. The van der Waals surface area contributed by atoms with Gasteiger partial charge in [-0.1, -0.05) is 6.58 Å². The van der Waals surface area contributed by atoms with Gasteiger partial charge < -0.3 is 26.8 Å². The molecule has 0 aromatic rings. The summed E-state index contributed by atoms with van der Waals surface area (Å²) in [6.45, 7) is 3.42. The molecular formula is C9H18N2O6. The van der Waals surface area contributed by atoms with Crippen molar-refractivity contribution in [2.45, 2.75) is 12.8 Å². The maximum Gasteiger partial charge on any atom is 0.327 e. The average Bonchev–Trinajstić information content (AvgIpc) is 2.19. The third kappa shape index (κ3) is 55.6. The van der Waals surface area contributed by atoms with Crippen LogP contribution in [0.25, 0.3) is 0 Å². The van der Waals surface area contributed by atoms with Gasteiger partial charge in [0.2, 0.25) is 0 Å². The molecule has 0 unspecified atom stereocenters. The summed E-state index contributed by atoms with van der Waals surface area (Å²) < 4.78 is 0. The van der Waals surface area contributed by atoms with Gasteiger partial charge >= 0.3 is 17.9 Å². The smallest absolute Gasteiger partial charge is 0.327 e. The van der Waals surface area contributed by atoms with Gasteiger partial charge in [0, 0.05) is 19.2 Å². The van der Waals surface area contributed by atoms with Crippen molar-refractivity contribution >= 4 is 17.9 Å². The number of hydrogen-bond acceptors (Lipinski definition) is 5. The SMILES string of the molecule is C=CC(=O)O.NCCC(=O)O.NCCC(=O)O. The number of rotatable bonds is 5. The van der Waals surface area contributed by atoms with E-state index in [-0.39, 0.29) is 25.9 Å². The van der Waals surface area contributed by atoms with E-state index >= 15 is 0 Å². The van der Waals surface area contributed by atoms with Crippen molar-refractivity contribution in [3.05, 3.63) is 12.7 Å². The van der Waals surface area contributed by atoms with Crippen LogP contribution in [0.5, 0.6) is 0 Å². The monoisotopic (exact) mass is 250 g/mol. The molecule has 8 heteroatoms. The fourth-order valence-electron chi connectivity index (χ4n) is 0.247. The van der Waals surface area contributed by atoms with Gasteiger partial charge in [0.15, 0.2) is 0 Å². The van der Waals surface area contributed by atoms with E-state index in [9.17, 15) is 14.4 Å². The summed E-state index contributed by atoms with van der Waals surface area (Å²) in [5.41, 5.74) is 9.70. The van der Waals surface area contributed by atoms with Crippen molar-refractivity contribution in [1.29, 1.82) is 0 Å². The second kappa shape index (κ2) is 16.5. The molecule has 100 valence electrons. The summed E-state index contributed by atoms with van der Waals surface area (Å²) >= 11 is 0. The molecule has 8 nitrogen and oxygen atoms in total. The van der Waals surface area contributed by atoms with Gasteiger partial charge in [-0.25, -0.2) is 4.79 Å². The molecule has 0 spiro atoms. The Morgan fingerprint density at radius 1 is 0.941 bits per heavy atom. The van der Waals surface area contributed by atoms with Crippen LogP contribution in [0.4, 0.5) is 0 Å². The second-order valence-electron chi connectivity index (χ2n) is 2.41. The molecule has 0 aromatic heterocycles.